The van der Waals surface area contributed by atoms with Gasteiger partial charge in [-0.1, -0.05) is 6.07 Å². The molecule has 2 rings (SSSR count). The van der Waals surface area contributed by atoms with Gasteiger partial charge in [0.25, 0.3) is 0 Å². The minimum Gasteiger partial charge on any atom is -0.469 e. The maximum atomic E-state index is 11.5. The number of hydrogen-bond donors (Lipinski definition) is 1. The molecule has 0 spiro atoms. The van der Waals surface area contributed by atoms with Crippen molar-refractivity contribution in [3.05, 3.63) is 43.2 Å². The minimum absolute atomic E-state index is 0.00771. The van der Waals surface area contributed by atoms with Gasteiger partial charge in [0.1, 0.15) is 0 Å². The average molecular weight is 360 g/mol. The van der Waals surface area contributed by atoms with Gasteiger partial charge in [-0.2, -0.15) is 0 Å². The SMILES string of the molecule is COC(=O)CC(NCc1ccc(Br)s1)c1cccs1. The topological polar surface area (TPSA) is 38.3 Å². The lowest BCUT2D eigenvalue weighted by Crippen LogP contribution is -2.23. The third-order valence-corrected chi connectivity index (χ3v) is 5.25. The number of ether oxygens (including phenoxy) is 1. The van der Waals surface area contributed by atoms with Crippen LogP contribution in [-0.4, -0.2) is 13.1 Å². The van der Waals surface area contributed by atoms with E-state index in [0.717, 1.165) is 15.2 Å². The lowest BCUT2D eigenvalue weighted by atomic mass is 10.1. The molecule has 0 aliphatic heterocycles. The molecular formula is C13H14BrNO2S2. The van der Waals surface area contributed by atoms with Crippen molar-refractivity contribution in [1.29, 1.82) is 0 Å². The quantitative estimate of drug-likeness (QED) is 0.793. The summed E-state index contributed by atoms with van der Waals surface area (Å²) in [6.07, 6.45) is 0.351. The van der Waals surface area contributed by atoms with E-state index >= 15 is 0 Å². The van der Waals surface area contributed by atoms with E-state index in [-0.39, 0.29) is 12.0 Å². The molecule has 1 N–H and O–H groups in total. The van der Waals surface area contributed by atoms with E-state index in [9.17, 15) is 4.79 Å². The van der Waals surface area contributed by atoms with Gasteiger partial charge in [-0.15, -0.1) is 22.7 Å². The highest BCUT2D eigenvalue weighted by Crippen LogP contribution is 2.25. The molecule has 0 radical (unpaired) electrons. The molecule has 2 aromatic heterocycles. The van der Waals surface area contributed by atoms with E-state index in [1.807, 2.05) is 23.6 Å². The van der Waals surface area contributed by atoms with Crippen LogP contribution in [0.2, 0.25) is 0 Å². The molecule has 0 aliphatic rings. The second kappa shape index (κ2) is 7.19. The fourth-order valence-electron chi connectivity index (χ4n) is 1.68. The smallest absolute Gasteiger partial charge is 0.307 e. The van der Waals surface area contributed by atoms with Crippen molar-refractivity contribution < 1.29 is 9.53 Å². The van der Waals surface area contributed by atoms with Crippen LogP contribution < -0.4 is 5.32 Å². The molecule has 102 valence electrons. The van der Waals surface area contributed by atoms with Gasteiger partial charge in [-0.3, -0.25) is 4.79 Å². The molecule has 0 bridgehead atoms. The maximum absolute atomic E-state index is 11.5. The fourth-order valence-corrected chi connectivity index (χ4v) is 3.92. The summed E-state index contributed by atoms with van der Waals surface area (Å²) >= 11 is 6.79. The summed E-state index contributed by atoms with van der Waals surface area (Å²) in [6, 6.07) is 8.14. The Morgan fingerprint density at radius 2 is 2.32 bits per heavy atom. The van der Waals surface area contributed by atoms with Crippen molar-refractivity contribution in [3.63, 3.8) is 0 Å². The third-order valence-electron chi connectivity index (χ3n) is 2.64. The first-order valence-electron chi connectivity index (χ1n) is 5.77. The summed E-state index contributed by atoms with van der Waals surface area (Å²) in [5.74, 6) is -0.196. The Bertz CT molecular complexity index is 524. The van der Waals surface area contributed by atoms with E-state index in [1.54, 1.807) is 22.7 Å². The largest absolute Gasteiger partial charge is 0.469 e. The number of nitrogens with one attached hydrogen (secondary N) is 1. The molecule has 0 aliphatic carbocycles. The standard InChI is InChI=1S/C13H14BrNO2S2/c1-17-13(16)7-10(11-3-2-6-18-11)15-8-9-4-5-12(14)19-9/h2-6,10,15H,7-8H2,1H3. The van der Waals surface area contributed by atoms with Crippen LogP contribution in [0.3, 0.4) is 0 Å². The summed E-state index contributed by atoms with van der Waals surface area (Å²) in [6.45, 7) is 0.746. The number of halogens is 1. The number of esters is 1. The molecular weight excluding hydrogens is 346 g/mol. The first-order valence-corrected chi connectivity index (χ1v) is 8.25. The van der Waals surface area contributed by atoms with Gasteiger partial charge in [0.2, 0.25) is 0 Å². The average Bonchev–Trinajstić information content (AvgIpc) is 3.05. The molecule has 1 unspecified atom stereocenters. The highest BCUT2D eigenvalue weighted by atomic mass is 79.9. The van der Waals surface area contributed by atoms with Crippen LogP contribution in [0.25, 0.3) is 0 Å². The Morgan fingerprint density at radius 3 is 2.89 bits per heavy atom. The summed E-state index contributed by atoms with van der Waals surface area (Å²) in [4.78, 5) is 13.9. The zero-order chi connectivity index (χ0) is 13.7. The molecule has 0 saturated heterocycles. The van der Waals surface area contributed by atoms with Gasteiger partial charge in [0.05, 0.1) is 23.4 Å². The van der Waals surface area contributed by atoms with Gasteiger partial charge < -0.3 is 10.1 Å². The van der Waals surface area contributed by atoms with E-state index in [0.29, 0.717) is 6.42 Å². The van der Waals surface area contributed by atoms with E-state index in [4.69, 9.17) is 4.74 Å². The predicted molar refractivity (Wildman–Crippen MR) is 82.6 cm³/mol. The highest BCUT2D eigenvalue weighted by Gasteiger charge is 2.17. The summed E-state index contributed by atoms with van der Waals surface area (Å²) in [5, 5.41) is 5.43. The number of hydrogen-bond acceptors (Lipinski definition) is 5. The summed E-state index contributed by atoms with van der Waals surface area (Å²) in [7, 11) is 1.42. The Hall–Kier alpha value is -0.690. The predicted octanol–water partition coefficient (Wildman–Crippen LogP) is 3.97. The lowest BCUT2D eigenvalue weighted by Gasteiger charge is -2.15. The zero-order valence-electron chi connectivity index (χ0n) is 10.4. The van der Waals surface area contributed by atoms with Crippen molar-refractivity contribution in [2.45, 2.75) is 19.0 Å². The van der Waals surface area contributed by atoms with Crippen LogP contribution in [-0.2, 0) is 16.1 Å². The number of methoxy groups -OCH3 is 1. The summed E-state index contributed by atoms with van der Waals surface area (Å²) < 4.78 is 5.87. The highest BCUT2D eigenvalue weighted by molar-refractivity contribution is 9.11. The van der Waals surface area contributed by atoms with Gasteiger partial charge >= 0.3 is 5.97 Å². The molecule has 2 aromatic rings. The second-order valence-electron chi connectivity index (χ2n) is 3.93. The monoisotopic (exact) mass is 359 g/mol. The van der Waals surface area contributed by atoms with Crippen molar-refractivity contribution in [1.82, 2.24) is 5.32 Å². The van der Waals surface area contributed by atoms with Crippen LogP contribution in [0, 0.1) is 0 Å². The molecule has 3 nitrogen and oxygen atoms in total. The number of thiophene rings is 2. The van der Waals surface area contributed by atoms with Crippen molar-refractivity contribution in [2.24, 2.45) is 0 Å². The van der Waals surface area contributed by atoms with Gasteiger partial charge in [0, 0.05) is 16.3 Å². The van der Waals surface area contributed by atoms with Crippen LogP contribution in [0.1, 0.15) is 22.2 Å². The number of rotatable bonds is 6. The number of carbonyl (C=O) groups excluding carboxylic acids is 1. The normalized spacial score (nSPS) is 12.3. The van der Waals surface area contributed by atoms with E-state index < -0.39 is 0 Å². The molecule has 0 aromatic carbocycles. The third kappa shape index (κ3) is 4.42. The van der Waals surface area contributed by atoms with Crippen LogP contribution >= 0.6 is 38.6 Å². The first kappa shape index (κ1) is 14.7. The Morgan fingerprint density at radius 1 is 1.47 bits per heavy atom. The summed E-state index contributed by atoms with van der Waals surface area (Å²) in [5.41, 5.74) is 0. The lowest BCUT2D eigenvalue weighted by molar-refractivity contribution is -0.141. The molecule has 0 fully saturated rings. The van der Waals surface area contributed by atoms with E-state index in [1.165, 1.54) is 12.0 Å². The van der Waals surface area contributed by atoms with Crippen LogP contribution in [0.4, 0.5) is 0 Å². The van der Waals surface area contributed by atoms with Crippen molar-refractivity contribution >= 4 is 44.6 Å². The van der Waals surface area contributed by atoms with Crippen molar-refractivity contribution in [2.75, 3.05) is 7.11 Å². The minimum atomic E-state index is -0.196. The Balaban J connectivity index is 1.99. The number of carbonyl (C=O) groups is 1. The molecule has 0 amide bonds. The van der Waals surface area contributed by atoms with E-state index in [2.05, 4.69) is 27.3 Å². The van der Waals surface area contributed by atoms with Gasteiger partial charge in [0.15, 0.2) is 0 Å². The van der Waals surface area contributed by atoms with Crippen molar-refractivity contribution in [3.8, 4) is 0 Å². The molecule has 1 atom stereocenters. The Labute approximate surface area is 128 Å². The fraction of sp³-hybridized carbons (Fsp3) is 0.308. The molecule has 19 heavy (non-hydrogen) atoms. The zero-order valence-corrected chi connectivity index (χ0v) is 13.6. The maximum Gasteiger partial charge on any atom is 0.307 e. The first-order chi connectivity index (χ1) is 9.19. The van der Waals surface area contributed by atoms with Crippen LogP contribution in [0.15, 0.2) is 33.4 Å². The molecule has 2 heterocycles. The Kier molecular flexibility index (Phi) is 5.57. The van der Waals surface area contributed by atoms with Gasteiger partial charge in [-0.05, 0) is 39.5 Å². The molecule has 0 saturated carbocycles. The second-order valence-corrected chi connectivity index (χ2v) is 7.46. The van der Waals surface area contributed by atoms with Gasteiger partial charge in [-0.25, -0.2) is 0 Å². The molecule has 6 heteroatoms. The van der Waals surface area contributed by atoms with Crippen LogP contribution in [0.5, 0.6) is 0 Å².